The van der Waals surface area contributed by atoms with E-state index < -0.39 is 60.7 Å². The first-order chi connectivity index (χ1) is 28.2. The lowest BCUT2D eigenvalue weighted by Crippen LogP contribution is -2.41. The zero-order chi connectivity index (χ0) is 46.9. The number of aromatic hydroxyl groups is 1. The number of phenols is 1. The topological polar surface area (TPSA) is 155 Å². The highest BCUT2D eigenvalue weighted by atomic mass is 16.8. The number of hydrogen-bond acceptors (Lipinski definition) is 13. The third-order valence-corrected chi connectivity index (χ3v) is 10.4. The predicted molar refractivity (Wildman–Crippen MR) is 241 cm³/mol. The monoisotopic (exact) mass is 858 g/mol. The van der Waals surface area contributed by atoms with Gasteiger partial charge in [0.1, 0.15) is 28.3 Å². The average Bonchev–Trinajstić information content (AvgIpc) is 3.45. The lowest BCUT2D eigenvalue weighted by Gasteiger charge is -2.32. The van der Waals surface area contributed by atoms with Crippen molar-refractivity contribution in [2.24, 2.45) is 0 Å². The largest absolute Gasteiger partial charge is 0.519 e. The van der Waals surface area contributed by atoms with Crippen LogP contribution in [0, 0.1) is 0 Å². The molecule has 62 heavy (non-hydrogen) atoms. The number of phenolic OH excluding ortho intramolecular Hbond substituents is 1. The zero-order valence-electron chi connectivity index (χ0n) is 39.4. The molecule has 0 atom stereocenters. The second kappa shape index (κ2) is 18.1. The molecule has 4 aromatic carbocycles. The zero-order valence-corrected chi connectivity index (χ0v) is 39.4. The van der Waals surface area contributed by atoms with Crippen molar-refractivity contribution in [1.29, 1.82) is 0 Å². The smallest absolute Gasteiger partial charge is 0.507 e. The number of rotatable bonds is 3. The van der Waals surface area contributed by atoms with Gasteiger partial charge in [0.15, 0.2) is 0 Å². The Kier molecular flexibility index (Phi) is 14.6. The van der Waals surface area contributed by atoms with Gasteiger partial charge in [0.2, 0.25) is 0 Å². The molecule has 13 nitrogen and oxygen atoms in total. The van der Waals surface area contributed by atoms with E-state index in [0.29, 0.717) is 5.75 Å². The minimum atomic E-state index is -1.06. The maximum Gasteiger partial charge on any atom is 0.519 e. The second-order valence-electron chi connectivity index (χ2n) is 20.2. The Labute approximate surface area is 367 Å². The van der Waals surface area contributed by atoms with Crippen molar-refractivity contribution in [3.8, 4) is 11.5 Å². The van der Waals surface area contributed by atoms with Gasteiger partial charge in [-0.15, -0.1) is 0 Å². The van der Waals surface area contributed by atoms with Gasteiger partial charge in [-0.3, -0.25) is 0 Å². The predicted octanol–water partition coefficient (Wildman–Crippen LogP) is 10.2. The number of benzene rings is 4. The molecule has 15 heteroatoms. The van der Waals surface area contributed by atoms with Crippen molar-refractivity contribution >= 4 is 65.2 Å². The van der Waals surface area contributed by atoms with Crippen LogP contribution in [0.15, 0.2) is 72.8 Å². The fourth-order valence-corrected chi connectivity index (χ4v) is 6.01. The van der Waals surface area contributed by atoms with Crippen molar-refractivity contribution in [2.45, 2.75) is 157 Å². The maximum atomic E-state index is 12.1. The lowest BCUT2D eigenvalue weighted by atomic mass is 9.76. The van der Waals surface area contributed by atoms with Crippen LogP contribution in [0.2, 0.25) is 0 Å². The Morgan fingerprint density at radius 1 is 0.468 bits per heavy atom. The Bertz CT molecular complexity index is 2190. The quantitative estimate of drug-likeness (QED) is 0.0684. The van der Waals surface area contributed by atoms with E-state index >= 15 is 0 Å². The van der Waals surface area contributed by atoms with Crippen LogP contribution >= 0.6 is 0 Å². The molecule has 2 aliphatic heterocycles. The first kappa shape index (κ1) is 49.8. The van der Waals surface area contributed by atoms with Crippen molar-refractivity contribution in [3.63, 3.8) is 0 Å². The molecular formula is C47H64B2O13. The van der Waals surface area contributed by atoms with Gasteiger partial charge in [-0.05, 0) is 152 Å². The number of fused-ring (bicyclic) bond motifs is 2. The molecule has 6 rings (SSSR count). The van der Waals surface area contributed by atoms with E-state index in [9.17, 15) is 19.5 Å². The lowest BCUT2D eigenvalue weighted by molar-refractivity contribution is -0.0294. The molecule has 4 aromatic rings. The molecule has 0 spiro atoms. The van der Waals surface area contributed by atoms with E-state index in [0.717, 1.165) is 32.5 Å². The van der Waals surface area contributed by atoms with Crippen LogP contribution in [0.1, 0.15) is 118 Å². The molecule has 2 fully saturated rings. The molecule has 0 aromatic heterocycles. The summed E-state index contributed by atoms with van der Waals surface area (Å²) in [6, 6.07) is 22.7. The fraction of sp³-hybridized carbons (Fsp3) is 0.511. The summed E-state index contributed by atoms with van der Waals surface area (Å²) in [4.78, 5) is 34.1. The molecule has 2 aliphatic rings. The van der Waals surface area contributed by atoms with Gasteiger partial charge in [0.05, 0.1) is 22.4 Å². The molecule has 1 N–H and O–H groups in total. The molecule has 0 unspecified atom stereocenters. The van der Waals surface area contributed by atoms with E-state index in [4.69, 9.17) is 37.6 Å². The summed E-state index contributed by atoms with van der Waals surface area (Å²) in [5.74, 6) is 0.723. The summed E-state index contributed by atoms with van der Waals surface area (Å²) in [6.07, 6.45) is -2.84. The Morgan fingerprint density at radius 3 is 1.18 bits per heavy atom. The molecule has 336 valence electrons. The summed E-state index contributed by atoms with van der Waals surface area (Å²) >= 11 is 0. The Morgan fingerprint density at radius 2 is 0.790 bits per heavy atom. The molecule has 0 aliphatic carbocycles. The number of ether oxygens (including phenoxy) is 5. The Hall–Kier alpha value is -4.82. The van der Waals surface area contributed by atoms with Gasteiger partial charge in [-0.25, -0.2) is 14.4 Å². The van der Waals surface area contributed by atoms with E-state index in [1.54, 1.807) is 74.4 Å². The molecule has 0 saturated carbocycles. The summed E-state index contributed by atoms with van der Waals surface area (Å²) in [6.45, 7) is 31.7. The minimum absolute atomic E-state index is 0.279. The van der Waals surface area contributed by atoms with Crippen LogP contribution < -0.4 is 15.7 Å². The standard InChI is InChI=1S/C21H27BO5.C16H19BO3.C10H18O5/c1-19(2,3)25-18(23)24-17-13-12-16(14-10-8-9-11-15(14)17)22-26-20(4,5)21(6,7)27-22;1-15(2)16(3,4)20-17(19-15)13-9-10-14(18)12-8-6-5-7-11(12)13;1-9(2,3)14-7(11)13-8(12)15-10(4,5)6/h8-13H,1-7H3;5-10,18H,1-4H3;1-6H3. The summed E-state index contributed by atoms with van der Waals surface area (Å²) in [5.41, 5.74) is -1.73. The summed E-state index contributed by atoms with van der Waals surface area (Å²) in [5, 5.41) is 13.5. The molecule has 2 saturated heterocycles. The van der Waals surface area contributed by atoms with E-state index in [2.05, 4.69) is 4.74 Å². The van der Waals surface area contributed by atoms with Crippen LogP contribution in [0.25, 0.3) is 21.5 Å². The van der Waals surface area contributed by atoms with Crippen LogP contribution in [0.5, 0.6) is 11.5 Å². The second-order valence-corrected chi connectivity index (χ2v) is 20.2. The highest BCUT2D eigenvalue weighted by Crippen LogP contribution is 2.39. The van der Waals surface area contributed by atoms with Crippen LogP contribution in [-0.4, -0.2) is 77.0 Å². The highest BCUT2D eigenvalue weighted by molar-refractivity contribution is 6.65. The number of carbonyl (C=O) groups excluding carboxylic acids is 3. The maximum absolute atomic E-state index is 12.1. The normalized spacial score (nSPS) is 17.6. The fourth-order valence-electron chi connectivity index (χ4n) is 6.01. The number of carbonyl (C=O) groups is 3. The van der Waals surface area contributed by atoms with Gasteiger partial charge in [-0.2, -0.15) is 0 Å². The molecule has 0 bridgehead atoms. The first-order valence-electron chi connectivity index (χ1n) is 20.7. The van der Waals surface area contributed by atoms with Gasteiger partial charge < -0.3 is 47.4 Å². The van der Waals surface area contributed by atoms with E-state index in [1.165, 1.54) is 0 Å². The SMILES string of the molecule is CC(C)(C)OC(=O)OC(=O)OC(C)(C)C.CC(C)(C)OC(=O)Oc1ccc(B2OC(C)(C)C(C)(C)O2)c2ccccc12.CC1(C)OB(c2ccc(O)c3ccccc23)OC1(C)C. The molecule has 0 amide bonds. The van der Waals surface area contributed by atoms with Gasteiger partial charge in [0, 0.05) is 10.8 Å². The van der Waals surface area contributed by atoms with E-state index in [-0.39, 0.29) is 17.0 Å². The van der Waals surface area contributed by atoms with Crippen LogP contribution in [-0.2, 0) is 37.6 Å². The van der Waals surface area contributed by atoms with E-state index in [1.807, 2.05) is 116 Å². The van der Waals surface area contributed by atoms with Gasteiger partial charge >= 0.3 is 32.7 Å². The number of hydrogen-bond donors (Lipinski definition) is 1. The third-order valence-electron chi connectivity index (χ3n) is 10.4. The van der Waals surface area contributed by atoms with Crippen molar-refractivity contribution in [2.75, 3.05) is 0 Å². The molecule has 0 radical (unpaired) electrons. The van der Waals surface area contributed by atoms with Crippen LogP contribution in [0.3, 0.4) is 0 Å². The summed E-state index contributed by atoms with van der Waals surface area (Å²) < 4.78 is 49.1. The summed E-state index contributed by atoms with van der Waals surface area (Å²) in [7, 11) is -0.902. The van der Waals surface area contributed by atoms with Crippen LogP contribution in [0.4, 0.5) is 14.4 Å². The average molecular weight is 859 g/mol. The first-order valence-corrected chi connectivity index (χ1v) is 20.7. The molecule has 2 heterocycles. The van der Waals surface area contributed by atoms with Crippen molar-refractivity contribution in [3.05, 3.63) is 72.8 Å². The minimum Gasteiger partial charge on any atom is -0.507 e. The Balaban J connectivity index is 0.000000215. The van der Waals surface area contributed by atoms with Crippen molar-refractivity contribution < 1.29 is 61.8 Å². The molecular weight excluding hydrogens is 794 g/mol. The van der Waals surface area contributed by atoms with Crippen molar-refractivity contribution in [1.82, 2.24) is 0 Å². The highest BCUT2D eigenvalue weighted by Gasteiger charge is 2.53. The van der Waals surface area contributed by atoms with Gasteiger partial charge in [-0.1, -0.05) is 60.7 Å². The van der Waals surface area contributed by atoms with Gasteiger partial charge in [0.25, 0.3) is 0 Å². The third kappa shape index (κ3) is 12.9.